The minimum Gasteiger partial charge on any atom is -0.377 e. The van der Waals surface area contributed by atoms with Gasteiger partial charge in [-0.3, -0.25) is 0 Å². The van der Waals surface area contributed by atoms with Gasteiger partial charge >= 0.3 is 0 Å². The zero-order valence-corrected chi connectivity index (χ0v) is 12.1. The van der Waals surface area contributed by atoms with Crippen LogP contribution in [0, 0.1) is 15.1 Å². The van der Waals surface area contributed by atoms with E-state index in [1.54, 1.807) is 4.74 Å². The average molecular weight is 293 g/mol. The van der Waals surface area contributed by atoms with E-state index in [1.807, 2.05) is 49.5 Å². The van der Waals surface area contributed by atoms with Crippen molar-refractivity contribution in [1.29, 1.82) is 0 Å². The summed E-state index contributed by atoms with van der Waals surface area (Å²) in [5.74, 6) is 0. The molecule has 4 rings (SSSR count). The predicted molar refractivity (Wildman–Crippen MR) is 81.5 cm³/mol. The molecule has 2 aliphatic heterocycles. The van der Waals surface area contributed by atoms with Gasteiger partial charge in [-0.05, 0) is 12.1 Å². The Hall–Kier alpha value is -2.53. The highest BCUT2D eigenvalue weighted by molar-refractivity contribution is 7.71. The SMILES string of the molecule is Cn1oc2c3ncnc-3cc(=S)c=2cc1-c1ccccc1. The van der Waals surface area contributed by atoms with Crippen LogP contribution in [-0.4, -0.2) is 14.7 Å². The van der Waals surface area contributed by atoms with E-state index in [-0.39, 0.29) is 0 Å². The molecule has 0 N–H and O–H groups in total. The highest BCUT2D eigenvalue weighted by Crippen LogP contribution is 2.25. The molecular weight excluding hydrogens is 282 g/mol. The molecule has 0 saturated heterocycles. The Labute approximate surface area is 125 Å². The van der Waals surface area contributed by atoms with Crippen LogP contribution in [0.1, 0.15) is 0 Å². The Morgan fingerprint density at radius 2 is 1.90 bits per heavy atom. The number of rotatable bonds is 1. The first kappa shape index (κ1) is 12.2. The molecule has 0 bridgehead atoms. The highest BCUT2D eigenvalue weighted by atomic mass is 32.1. The molecule has 0 aromatic heterocycles. The first-order valence-corrected chi connectivity index (χ1v) is 6.95. The third kappa shape index (κ3) is 1.86. The maximum Gasteiger partial charge on any atom is 0.191 e. The first-order chi connectivity index (χ1) is 10.2. The summed E-state index contributed by atoms with van der Waals surface area (Å²) in [4.78, 5) is 8.46. The molecule has 1 aromatic rings. The smallest absolute Gasteiger partial charge is 0.191 e. The number of aromatic nitrogens is 3. The molecule has 1 aliphatic carbocycles. The van der Waals surface area contributed by atoms with Crippen LogP contribution in [-0.2, 0) is 7.05 Å². The molecule has 0 atom stereocenters. The Morgan fingerprint density at radius 3 is 2.71 bits per heavy atom. The van der Waals surface area contributed by atoms with Gasteiger partial charge < -0.3 is 4.52 Å². The van der Waals surface area contributed by atoms with Crippen molar-refractivity contribution >= 4 is 12.2 Å². The highest BCUT2D eigenvalue weighted by Gasteiger charge is 2.13. The third-order valence-corrected chi connectivity index (χ3v) is 3.88. The molecule has 1 aromatic carbocycles. The van der Waals surface area contributed by atoms with Crippen molar-refractivity contribution in [3.8, 4) is 22.6 Å². The fourth-order valence-electron chi connectivity index (χ4n) is 2.51. The number of benzene rings is 1. The Bertz CT molecular complexity index is 1020. The molecule has 4 nitrogen and oxygen atoms in total. The van der Waals surface area contributed by atoms with E-state index in [0.717, 1.165) is 32.4 Å². The van der Waals surface area contributed by atoms with Gasteiger partial charge in [0.1, 0.15) is 12.0 Å². The second kappa shape index (κ2) is 4.49. The largest absolute Gasteiger partial charge is 0.377 e. The fourth-order valence-corrected chi connectivity index (χ4v) is 2.78. The van der Waals surface area contributed by atoms with Crippen LogP contribution in [0.25, 0.3) is 22.6 Å². The summed E-state index contributed by atoms with van der Waals surface area (Å²) in [6.45, 7) is 0. The molecular formula is C16H11N3OS. The van der Waals surface area contributed by atoms with Crippen molar-refractivity contribution in [1.82, 2.24) is 14.7 Å². The van der Waals surface area contributed by atoms with Crippen molar-refractivity contribution in [2.24, 2.45) is 7.05 Å². The molecule has 3 aliphatic rings. The van der Waals surface area contributed by atoms with Gasteiger partial charge in [-0.1, -0.05) is 42.5 Å². The summed E-state index contributed by atoms with van der Waals surface area (Å²) in [5, 5.41) is 0.884. The fraction of sp³-hybridized carbons (Fsp3) is 0.0625. The monoisotopic (exact) mass is 293 g/mol. The van der Waals surface area contributed by atoms with Gasteiger partial charge in [0.25, 0.3) is 0 Å². The van der Waals surface area contributed by atoms with Gasteiger partial charge in [0.15, 0.2) is 5.42 Å². The summed E-state index contributed by atoms with van der Waals surface area (Å²) in [7, 11) is 1.88. The number of hydrogen-bond donors (Lipinski definition) is 0. The van der Waals surface area contributed by atoms with Gasteiger partial charge in [-0.2, -0.15) is 0 Å². The van der Waals surface area contributed by atoms with Crippen LogP contribution in [0.4, 0.5) is 0 Å². The summed E-state index contributed by atoms with van der Waals surface area (Å²) >= 11 is 5.46. The Morgan fingerprint density at radius 1 is 1.10 bits per heavy atom. The summed E-state index contributed by atoms with van der Waals surface area (Å²) < 4.78 is 8.41. The molecule has 0 saturated carbocycles. The van der Waals surface area contributed by atoms with Crippen molar-refractivity contribution in [3.05, 3.63) is 63.9 Å². The Balaban J connectivity index is 2.15. The molecule has 5 heteroatoms. The molecule has 102 valence electrons. The van der Waals surface area contributed by atoms with Gasteiger partial charge in [0.05, 0.1) is 15.9 Å². The van der Waals surface area contributed by atoms with Crippen LogP contribution in [0.15, 0.2) is 53.3 Å². The van der Waals surface area contributed by atoms with E-state index in [2.05, 4.69) is 9.97 Å². The number of aryl methyl sites for hydroxylation is 1. The van der Waals surface area contributed by atoms with E-state index >= 15 is 0 Å². The average Bonchev–Trinajstić information content (AvgIpc) is 2.96. The Kier molecular flexibility index (Phi) is 2.62. The van der Waals surface area contributed by atoms with E-state index in [4.69, 9.17) is 16.7 Å². The summed E-state index contributed by atoms with van der Waals surface area (Å²) in [5.41, 5.74) is 4.23. The van der Waals surface area contributed by atoms with Crippen LogP contribution in [0.2, 0.25) is 0 Å². The van der Waals surface area contributed by atoms with Crippen molar-refractivity contribution < 1.29 is 4.52 Å². The number of imidazole rings is 1. The molecule has 0 fully saturated rings. The maximum atomic E-state index is 5.95. The first-order valence-electron chi connectivity index (χ1n) is 6.54. The van der Waals surface area contributed by atoms with Crippen molar-refractivity contribution in [2.45, 2.75) is 0 Å². The second-order valence-corrected chi connectivity index (χ2v) is 5.28. The third-order valence-electron chi connectivity index (χ3n) is 3.54. The summed E-state index contributed by atoms with van der Waals surface area (Å²) in [6.07, 6.45) is 1.53. The van der Waals surface area contributed by atoms with E-state index < -0.39 is 0 Å². The number of fused-ring (bicyclic) bond motifs is 2. The molecule has 0 spiro atoms. The summed E-state index contributed by atoms with van der Waals surface area (Å²) in [6, 6.07) is 14.0. The molecule has 0 unspecified atom stereocenters. The zero-order valence-electron chi connectivity index (χ0n) is 11.3. The van der Waals surface area contributed by atoms with Gasteiger partial charge in [0.2, 0.25) is 0 Å². The predicted octanol–water partition coefficient (Wildman–Crippen LogP) is 3.63. The van der Waals surface area contributed by atoms with Gasteiger partial charge in [-0.25, -0.2) is 14.7 Å². The van der Waals surface area contributed by atoms with Crippen molar-refractivity contribution in [3.63, 3.8) is 0 Å². The number of nitrogens with zero attached hydrogens (tertiary/aromatic N) is 3. The quantitative estimate of drug-likeness (QED) is 0.503. The van der Waals surface area contributed by atoms with Gasteiger partial charge in [-0.15, -0.1) is 0 Å². The zero-order chi connectivity index (χ0) is 14.4. The second-order valence-electron chi connectivity index (χ2n) is 4.84. The minimum absolute atomic E-state index is 0.678. The molecule has 2 heterocycles. The molecule has 0 amide bonds. The lowest BCUT2D eigenvalue weighted by Crippen LogP contribution is -1.99. The standard InChI is InChI=1S/C16H11N3OS/c1-19-13(10-5-3-2-4-6-10)7-11-14(21)8-12-15(16(11)20-19)18-9-17-12/h2-9H,1H3. The van der Waals surface area contributed by atoms with E-state index in [9.17, 15) is 0 Å². The van der Waals surface area contributed by atoms with Crippen LogP contribution in [0.5, 0.6) is 0 Å². The van der Waals surface area contributed by atoms with Crippen LogP contribution < -0.4 is 0 Å². The number of hydrogen-bond acceptors (Lipinski definition) is 4. The van der Waals surface area contributed by atoms with Gasteiger partial charge in [0, 0.05) is 17.8 Å². The lowest BCUT2D eigenvalue weighted by atomic mass is 10.1. The van der Waals surface area contributed by atoms with E-state index in [0.29, 0.717) is 5.42 Å². The lowest BCUT2D eigenvalue weighted by molar-refractivity contribution is 0.275. The minimum atomic E-state index is 0.678. The lowest BCUT2D eigenvalue weighted by Gasteiger charge is -2.09. The van der Waals surface area contributed by atoms with Crippen LogP contribution >= 0.6 is 12.2 Å². The molecule has 0 radical (unpaired) electrons. The normalized spacial score (nSPS) is 11.3. The van der Waals surface area contributed by atoms with Crippen molar-refractivity contribution in [2.75, 3.05) is 0 Å². The van der Waals surface area contributed by atoms with Crippen LogP contribution in [0.3, 0.4) is 0 Å². The maximum absolute atomic E-state index is 5.95. The van der Waals surface area contributed by atoms with E-state index in [1.165, 1.54) is 6.33 Å². The topological polar surface area (TPSA) is 43.9 Å². The molecule has 21 heavy (non-hydrogen) atoms.